The predicted octanol–water partition coefficient (Wildman–Crippen LogP) is 1.15. The van der Waals surface area contributed by atoms with E-state index < -0.39 is 0 Å². The van der Waals surface area contributed by atoms with Gasteiger partial charge in [0, 0.05) is 25.7 Å². The molecule has 0 radical (unpaired) electrons. The lowest BCUT2D eigenvalue weighted by Gasteiger charge is -2.29. The second-order valence-electron chi connectivity index (χ2n) is 5.82. The van der Waals surface area contributed by atoms with Crippen molar-refractivity contribution in [3.8, 4) is 0 Å². The minimum Gasteiger partial charge on any atom is -0.373 e. The number of carbonyl (C=O) groups excluding carboxylic acids is 1. The normalized spacial score (nSPS) is 34.0. The summed E-state index contributed by atoms with van der Waals surface area (Å²) in [4.78, 5) is 14.1. The zero-order valence-corrected chi connectivity index (χ0v) is 11.2. The number of ether oxygens (including phenoxy) is 1. The average molecular weight is 240 g/mol. The molecule has 2 aliphatic heterocycles. The van der Waals surface area contributed by atoms with Gasteiger partial charge in [0.15, 0.2) is 0 Å². The molecule has 17 heavy (non-hydrogen) atoms. The molecular formula is C13H24N2O2. The highest BCUT2D eigenvalue weighted by Crippen LogP contribution is 2.27. The Morgan fingerprint density at radius 3 is 2.94 bits per heavy atom. The Hall–Kier alpha value is -0.610. The van der Waals surface area contributed by atoms with Gasteiger partial charge in [-0.2, -0.15) is 0 Å². The highest BCUT2D eigenvalue weighted by atomic mass is 16.5. The van der Waals surface area contributed by atoms with E-state index in [1.54, 1.807) is 0 Å². The van der Waals surface area contributed by atoms with Crippen molar-refractivity contribution >= 4 is 5.91 Å². The second-order valence-corrected chi connectivity index (χ2v) is 5.82. The maximum Gasteiger partial charge on any atom is 0.239 e. The molecule has 4 heteroatoms. The predicted molar refractivity (Wildman–Crippen MR) is 66.8 cm³/mol. The first kappa shape index (κ1) is 12.8. The van der Waals surface area contributed by atoms with Gasteiger partial charge in [-0.15, -0.1) is 0 Å². The van der Waals surface area contributed by atoms with Gasteiger partial charge in [-0.25, -0.2) is 0 Å². The lowest BCUT2D eigenvalue weighted by molar-refractivity contribution is -0.132. The van der Waals surface area contributed by atoms with Crippen molar-refractivity contribution in [3.05, 3.63) is 0 Å². The molecule has 0 spiro atoms. The largest absolute Gasteiger partial charge is 0.373 e. The third-order valence-corrected chi connectivity index (χ3v) is 3.66. The van der Waals surface area contributed by atoms with Crippen molar-refractivity contribution < 1.29 is 9.53 Å². The molecule has 0 aromatic carbocycles. The molecule has 0 bridgehead atoms. The standard InChI is InChI=1S/C13H24N2O2/c1-10(2)14-11-5-7-15(12(11)16)9-13(3)6-4-8-17-13/h10-11,14H,4-9H2,1-3H3. The van der Waals surface area contributed by atoms with E-state index in [-0.39, 0.29) is 17.6 Å². The molecule has 2 fully saturated rings. The van der Waals surface area contributed by atoms with Gasteiger partial charge in [0.2, 0.25) is 5.91 Å². The summed E-state index contributed by atoms with van der Waals surface area (Å²) in [5.74, 6) is 0.246. The minimum atomic E-state index is -0.109. The van der Waals surface area contributed by atoms with Crippen LogP contribution in [0.4, 0.5) is 0 Å². The first-order valence-corrected chi connectivity index (χ1v) is 6.69. The lowest BCUT2D eigenvalue weighted by atomic mass is 10.0. The van der Waals surface area contributed by atoms with E-state index in [0.29, 0.717) is 6.04 Å². The first-order valence-electron chi connectivity index (χ1n) is 6.69. The Labute approximate surface area is 104 Å². The number of nitrogens with zero attached hydrogens (tertiary/aromatic N) is 1. The molecule has 98 valence electrons. The van der Waals surface area contributed by atoms with Crippen LogP contribution in [0.1, 0.15) is 40.0 Å². The van der Waals surface area contributed by atoms with Gasteiger partial charge < -0.3 is 15.0 Å². The number of rotatable bonds is 4. The number of hydrogen-bond acceptors (Lipinski definition) is 3. The topological polar surface area (TPSA) is 41.6 Å². The number of carbonyl (C=O) groups is 1. The first-order chi connectivity index (χ1) is 8.00. The smallest absolute Gasteiger partial charge is 0.239 e. The summed E-state index contributed by atoms with van der Waals surface area (Å²) in [5.41, 5.74) is -0.109. The van der Waals surface area contributed by atoms with Gasteiger partial charge in [-0.3, -0.25) is 4.79 Å². The molecule has 2 atom stereocenters. The molecule has 2 saturated heterocycles. The van der Waals surface area contributed by atoms with Gasteiger partial charge in [0.05, 0.1) is 11.6 Å². The van der Waals surface area contributed by atoms with Crippen LogP contribution in [0.15, 0.2) is 0 Å². The summed E-state index contributed by atoms with van der Waals surface area (Å²) in [7, 11) is 0. The van der Waals surface area contributed by atoms with E-state index >= 15 is 0 Å². The maximum absolute atomic E-state index is 12.2. The average Bonchev–Trinajstić information content (AvgIpc) is 2.79. The Morgan fingerprint density at radius 1 is 1.59 bits per heavy atom. The van der Waals surface area contributed by atoms with E-state index in [1.807, 2.05) is 4.90 Å². The molecule has 4 nitrogen and oxygen atoms in total. The van der Waals surface area contributed by atoms with Crippen LogP contribution in [0.3, 0.4) is 0 Å². The molecule has 2 unspecified atom stereocenters. The maximum atomic E-state index is 12.2. The number of likely N-dealkylation sites (tertiary alicyclic amines) is 1. The van der Waals surface area contributed by atoms with Crippen LogP contribution in [-0.4, -0.2) is 48.2 Å². The molecule has 2 heterocycles. The quantitative estimate of drug-likeness (QED) is 0.801. The van der Waals surface area contributed by atoms with Crippen LogP contribution in [0.5, 0.6) is 0 Å². The van der Waals surface area contributed by atoms with Crippen LogP contribution in [0.25, 0.3) is 0 Å². The number of amides is 1. The monoisotopic (exact) mass is 240 g/mol. The molecule has 2 aliphatic rings. The van der Waals surface area contributed by atoms with Gasteiger partial charge in [-0.1, -0.05) is 13.8 Å². The number of nitrogens with one attached hydrogen (secondary N) is 1. The van der Waals surface area contributed by atoms with E-state index in [4.69, 9.17) is 4.74 Å². The van der Waals surface area contributed by atoms with Crippen molar-refractivity contribution in [3.63, 3.8) is 0 Å². The fourth-order valence-corrected chi connectivity index (χ4v) is 2.82. The summed E-state index contributed by atoms with van der Waals surface area (Å²) in [6.07, 6.45) is 3.11. The van der Waals surface area contributed by atoms with Gasteiger partial charge >= 0.3 is 0 Å². The van der Waals surface area contributed by atoms with Crippen molar-refractivity contribution in [2.24, 2.45) is 0 Å². The molecule has 1 N–H and O–H groups in total. The zero-order chi connectivity index (χ0) is 12.5. The highest BCUT2D eigenvalue weighted by molar-refractivity contribution is 5.84. The van der Waals surface area contributed by atoms with E-state index in [9.17, 15) is 4.79 Å². The van der Waals surface area contributed by atoms with Crippen LogP contribution >= 0.6 is 0 Å². The van der Waals surface area contributed by atoms with Gasteiger partial charge in [0.25, 0.3) is 0 Å². The van der Waals surface area contributed by atoms with Crippen molar-refractivity contribution in [1.29, 1.82) is 0 Å². The molecule has 0 aromatic rings. The summed E-state index contributed by atoms with van der Waals surface area (Å²) in [6, 6.07) is 0.377. The minimum absolute atomic E-state index is 0.0139. The fraction of sp³-hybridized carbons (Fsp3) is 0.923. The molecule has 0 aliphatic carbocycles. The Morgan fingerprint density at radius 2 is 2.35 bits per heavy atom. The summed E-state index contributed by atoms with van der Waals surface area (Å²) >= 11 is 0. The third kappa shape index (κ3) is 2.99. The summed E-state index contributed by atoms with van der Waals surface area (Å²) in [6.45, 7) is 8.74. The third-order valence-electron chi connectivity index (χ3n) is 3.66. The Bertz CT molecular complexity index is 285. The SMILES string of the molecule is CC(C)NC1CCN(CC2(C)CCCO2)C1=O. The zero-order valence-electron chi connectivity index (χ0n) is 11.2. The molecule has 0 saturated carbocycles. The van der Waals surface area contributed by atoms with Crippen molar-refractivity contribution in [1.82, 2.24) is 10.2 Å². The number of hydrogen-bond donors (Lipinski definition) is 1. The van der Waals surface area contributed by atoms with Crippen LogP contribution in [0.2, 0.25) is 0 Å². The van der Waals surface area contributed by atoms with E-state index in [1.165, 1.54) is 0 Å². The molecule has 2 rings (SSSR count). The van der Waals surface area contributed by atoms with E-state index in [2.05, 4.69) is 26.1 Å². The summed E-state index contributed by atoms with van der Waals surface area (Å²) < 4.78 is 5.75. The lowest BCUT2D eigenvalue weighted by Crippen LogP contribution is -2.46. The molecule has 0 aromatic heterocycles. The van der Waals surface area contributed by atoms with Crippen LogP contribution in [-0.2, 0) is 9.53 Å². The van der Waals surface area contributed by atoms with Crippen LogP contribution in [0, 0.1) is 0 Å². The Kier molecular flexibility index (Phi) is 3.73. The van der Waals surface area contributed by atoms with E-state index in [0.717, 1.165) is 39.0 Å². The Balaban J connectivity index is 1.89. The van der Waals surface area contributed by atoms with Gasteiger partial charge in [0.1, 0.15) is 0 Å². The van der Waals surface area contributed by atoms with Crippen molar-refractivity contribution in [2.75, 3.05) is 19.7 Å². The summed E-state index contributed by atoms with van der Waals surface area (Å²) in [5, 5.41) is 3.33. The second kappa shape index (κ2) is 4.94. The van der Waals surface area contributed by atoms with Crippen molar-refractivity contribution in [2.45, 2.75) is 57.7 Å². The molecular weight excluding hydrogens is 216 g/mol. The highest BCUT2D eigenvalue weighted by Gasteiger charge is 2.38. The van der Waals surface area contributed by atoms with Crippen LogP contribution < -0.4 is 5.32 Å². The molecule has 1 amide bonds. The van der Waals surface area contributed by atoms with Gasteiger partial charge in [-0.05, 0) is 26.2 Å². The fourth-order valence-electron chi connectivity index (χ4n) is 2.82.